The van der Waals surface area contributed by atoms with Crippen LogP contribution in [0.15, 0.2) is 18.2 Å². The zero-order valence-electron chi connectivity index (χ0n) is 10.2. The Bertz CT molecular complexity index is 480. The summed E-state index contributed by atoms with van der Waals surface area (Å²) in [5.74, 6) is -0.631. The smallest absolute Gasteiger partial charge is 0.231 e. The molecule has 0 bridgehead atoms. The van der Waals surface area contributed by atoms with E-state index in [4.69, 9.17) is 17.3 Å². The maximum Gasteiger partial charge on any atom is 0.231 e. The van der Waals surface area contributed by atoms with Gasteiger partial charge in [0.2, 0.25) is 5.91 Å². The molecule has 2 rings (SSSR count). The lowest BCUT2D eigenvalue weighted by atomic mass is 9.84. The first kappa shape index (κ1) is 13.3. The van der Waals surface area contributed by atoms with E-state index in [0.717, 1.165) is 19.3 Å². The minimum atomic E-state index is -0.555. The molecule has 2 unspecified atom stereocenters. The molecule has 0 radical (unpaired) electrons. The van der Waals surface area contributed by atoms with Crippen molar-refractivity contribution in [2.75, 3.05) is 5.32 Å². The first-order chi connectivity index (χ1) is 8.43. The van der Waals surface area contributed by atoms with Crippen molar-refractivity contribution in [2.24, 2.45) is 11.1 Å². The molecule has 5 heteroatoms. The van der Waals surface area contributed by atoms with Crippen LogP contribution in [0.4, 0.5) is 10.1 Å². The predicted molar refractivity (Wildman–Crippen MR) is 70.0 cm³/mol. The molecule has 1 aromatic carbocycles. The minimum absolute atomic E-state index is 0.00586. The number of anilines is 1. The number of benzene rings is 1. The van der Waals surface area contributed by atoms with Crippen molar-refractivity contribution in [2.45, 2.75) is 32.2 Å². The highest BCUT2D eigenvalue weighted by molar-refractivity contribution is 6.31. The average Bonchev–Trinajstić information content (AvgIpc) is 2.66. The largest absolute Gasteiger partial charge is 0.327 e. The number of nitrogens with one attached hydrogen (secondary N) is 1. The first-order valence-electron chi connectivity index (χ1n) is 5.95. The second-order valence-electron chi connectivity index (χ2n) is 5.00. The summed E-state index contributed by atoms with van der Waals surface area (Å²) in [6.45, 7) is 1.87. The number of carbonyl (C=O) groups is 1. The van der Waals surface area contributed by atoms with Crippen LogP contribution in [0, 0.1) is 11.2 Å². The Morgan fingerprint density at radius 3 is 2.89 bits per heavy atom. The molecule has 1 saturated carbocycles. The molecule has 0 saturated heterocycles. The highest BCUT2D eigenvalue weighted by atomic mass is 35.5. The number of amides is 1. The van der Waals surface area contributed by atoms with Crippen LogP contribution in [0.3, 0.4) is 0 Å². The minimum Gasteiger partial charge on any atom is -0.327 e. The number of carbonyl (C=O) groups excluding carboxylic acids is 1. The van der Waals surface area contributed by atoms with Gasteiger partial charge in [0.05, 0.1) is 10.4 Å². The number of rotatable bonds is 2. The molecule has 3 N–H and O–H groups in total. The molecular weight excluding hydrogens is 255 g/mol. The third kappa shape index (κ3) is 2.35. The first-order valence-corrected chi connectivity index (χ1v) is 6.33. The van der Waals surface area contributed by atoms with Crippen LogP contribution in [0.2, 0.25) is 5.02 Å². The predicted octanol–water partition coefficient (Wildman–Crippen LogP) is 2.94. The molecule has 1 fully saturated rings. The number of hydrogen-bond acceptors (Lipinski definition) is 2. The zero-order chi connectivity index (χ0) is 13.3. The number of hydrogen-bond donors (Lipinski definition) is 2. The van der Waals surface area contributed by atoms with E-state index < -0.39 is 11.2 Å². The Hall–Kier alpha value is -1.13. The van der Waals surface area contributed by atoms with E-state index in [1.165, 1.54) is 18.2 Å². The summed E-state index contributed by atoms with van der Waals surface area (Å²) in [5.41, 5.74) is 5.91. The molecule has 98 valence electrons. The van der Waals surface area contributed by atoms with Gasteiger partial charge < -0.3 is 11.1 Å². The Kier molecular flexibility index (Phi) is 3.59. The fraction of sp³-hybridized carbons (Fsp3) is 0.462. The fourth-order valence-corrected chi connectivity index (χ4v) is 2.50. The van der Waals surface area contributed by atoms with Crippen LogP contribution in [-0.2, 0) is 4.79 Å². The zero-order valence-corrected chi connectivity index (χ0v) is 10.9. The lowest BCUT2D eigenvalue weighted by Crippen LogP contribution is -2.44. The van der Waals surface area contributed by atoms with Crippen LogP contribution in [0.5, 0.6) is 0 Å². The van der Waals surface area contributed by atoms with E-state index >= 15 is 0 Å². The van der Waals surface area contributed by atoms with Crippen LogP contribution < -0.4 is 11.1 Å². The standard InChI is InChI=1S/C13H16ClFN2O/c1-13(6-2-3-11(13)16)12(18)17-8-4-5-10(15)9(14)7-8/h4-5,7,11H,2-3,6,16H2,1H3,(H,17,18). The number of nitrogens with two attached hydrogens (primary N) is 1. The summed E-state index contributed by atoms with van der Waals surface area (Å²) in [6, 6.07) is 3.99. The summed E-state index contributed by atoms with van der Waals surface area (Å²) in [4.78, 5) is 12.2. The van der Waals surface area contributed by atoms with E-state index in [1.54, 1.807) is 0 Å². The quantitative estimate of drug-likeness (QED) is 0.868. The SMILES string of the molecule is CC1(C(=O)Nc2ccc(F)c(Cl)c2)CCCC1N. The van der Waals surface area contributed by atoms with Crippen LogP contribution in [-0.4, -0.2) is 11.9 Å². The maximum atomic E-state index is 13.0. The molecular formula is C13H16ClFN2O. The van der Waals surface area contributed by atoms with Crippen molar-refractivity contribution in [3.63, 3.8) is 0 Å². The summed E-state index contributed by atoms with van der Waals surface area (Å²) < 4.78 is 13.0. The van der Waals surface area contributed by atoms with Gasteiger partial charge in [0, 0.05) is 11.7 Å². The van der Waals surface area contributed by atoms with Crippen molar-refractivity contribution in [3.8, 4) is 0 Å². The molecule has 18 heavy (non-hydrogen) atoms. The van der Waals surface area contributed by atoms with Gasteiger partial charge in [0.25, 0.3) is 0 Å². The molecule has 0 spiro atoms. The van der Waals surface area contributed by atoms with Crippen LogP contribution >= 0.6 is 11.6 Å². The lowest BCUT2D eigenvalue weighted by molar-refractivity contribution is -0.125. The molecule has 1 aliphatic rings. The summed E-state index contributed by atoms with van der Waals surface area (Å²) in [7, 11) is 0. The molecule has 1 amide bonds. The van der Waals surface area contributed by atoms with Gasteiger partial charge in [-0.15, -0.1) is 0 Å². The summed E-state index contributed by atoms with van der Waals surface area (Å²) in [6.07, 6.45) is 2.58. The summed E-state index contributed by atoms with van der Waals surface area (Å²) in [5, 5.41) is 2.75. The van der Waals surface area contributed by atoms with E-state index in [0.29, 0.717) is 5.69 Å². The van der Waals surface area contributed by atoms with E-state index in [9.17, 15) is 9.18 Å². The Labute approximate surface area is 111 Å². The second kappa shape index (κ2) is 4.86. The summed E-state index contributed by atoms with van der Waals surface area (Å²) >= 11 is 5.67. The topological polar surface area (TPSA) is 55.1 Å². The van der Waals surface area contributed by atoms with Crippen molar-refractivity contribution in [1.82, 2.24) is 0 Å². The highest BCUT2D eigenvalue weighted by Gasteiger charge is 2.42. The monoisotopic (exact) mass is 270 g/mol. The highest BCUT2D eigenvalue weighted by Crippen LogP contribution is 2.37. The fourth-order valence-electron chi connectivity index (χ4n) is 2.32. The number of halogens is 2. The van der Waals surface area contributed by atoms with Gasteiger partial charge >= 0.3 is 0 Å². The van der Waals surface area contributed by atoms with Crippen molar-refractivity contribution in [3.05, 3.63) is 29.0 Å². The van der Waals surface area contributed by atoms with E-state index in [1.807, 2.05) is 6.92 Å². The third-order valence-electron chi connectivity index (χ3n) is 3.73. The Balaban J connectivity index is 2.14. The van der Waals surface area contributed by atoms with Gasteiger partial charge in [0.15, 0.2) is 0 Å². The van der Waals surface area contributed by atoms with Gasteiger partial charge in [-0.1, -0.05) is 18.0 Å². The second-order valence-corrected chi connectivity index (χ2v) is 5.41. The molecule has 3 nitrogen and oxygen atoms in total. The molecule has 0 heterocycles. The lowest BCUT2D eigenvalue weighted by Gasteiger charge is -2.27. The van der Waals surface area contributed by atoms with Crippen molar-refractivity contribution >= 4 is 23.2 Å². The van der Waals surface area contributed by atoms with Crippen molar-refractivity contribution < 1.29 is 9.18 Å². The van der Waals surface area contributed by atoms with Crippen LogP contribution in [0.1, 0.15) is 26.2 Å². The van der Waals surface area contributed by atoms with Gasteiger partial charge in [0.1, 0.15) is 5.82 Å². The van der Waals surface area contributed by atoms with Gasteiger partial charge in [-0.2, -0.15) is 0 Å². The molecule has 2 atom stereocenters. The maximum absolute atomic E-state index is 13.0. The molecule has 0 aromatic heterocycles. The van der Waals surface area contributed by atoms with Gasteiger partial charge in [-0.05, 0) is 38.0 Å². The van der Waals surface area contributed by atoms with E-state index in [2.05, 4.69) is 5.32 Å². The normalized spacial score (nSPS) is 27.2. The Morgan fingerprint density at radius 1 is 1.61 bits per heavy atom. The van der Waals surface area contributed by atoms with Gasteiger partial charge in [-0.25, -0.2) is 4.39 Å². The van der Waals surface area contributed by atoms with Gasteiger partial charge in [-0.3, -0.25) is 4.79 Å². The van der Waals surface area contributed by atoms with Crippen LogP contribution in [0.25, 0.3) is 0 Å². The third-order valence-corrected chi connectivity index (χ3v) is 4.02. The molecule has 1 aromatic rings. The molecule has 1 aliphatic carbocycles. The van der Waals surface area contributed by atoms with E-state index in [-0.39, 0.29) is 17.0 Å². The average molecular weight is 271 g/mol. The van der Waals surface area contributed by atoms with Crippen molar-refractivity contribution in [1.29, 1.82) is 0 Å². The molecule has 0 aliphatic heterocycles. The Morgan fingerprint density at radius 2 is 2.33 bits per heavy atom.